The molecule has 3 heteroatoms. The highest BCUT2D eigenvalue weighted by Crippen LogP contribution is 2.25. The van der Waals surface area contributed by atoms with Gasteiger partial charge in [0.2, 0.25) is 0 Å². The maximum Gasteiger partial charge on any atom is 0.123 e. The molecule has 0 aliphatic carbocycles. The number of aliphatic hydroxyl groups excluding tert-OH is 1. The SMILES string of the molecule is CCN(CC(C)(C)C(C)O)c1ccc(F)cc1. The van der Waals surface area contributed by atoms with Crippen LogP contribution in [0.3, 0.4) is 0 Å². The van der Waals surface area contributed by atoms with E-state index >= 15 is 0 Å². The van der Waals surface area contributed by atoms with Gasteiger partial charge >= 0.3 is 0 Å². The van der Waals surface area contributed by atoms with E-state index < -0.39 is 0 Å². The van der Waals surface area contributed by atoms with Crippen LogP contribution in [0.4, 0.5) is 10.1 Å². The number of anilines is 1. The molecule has 0 amide bonds. The molecule has 0 heterocycles. The largest absolute Gasteiger partial charge is 0.393 e. The highest BCUT2D eigenvalue weighted by Gasteiger charge is 2.26. The zero-order chi connectivity index (χ0) is 13.1. The molecule has 1 aromatic carbocycles. The van der Waals surface area contributed by atoms with Gasteiger partial charge in [-0.25, -0.2) is 4.39 Å². The standard InChI is InChI=1S/C14H22FNO/c1-5-16(10-14(3,4)11(2)17)13-8-6-12(15)7-9-13/h6-9,11,17H,5,10H2,1-4H3. The topological polar surface area (TPSA) is 23.5 Å². The van der Waals surface area contributed by atoms with E-state index in [1.165, 1.54) is 12.1 Å². The lowest BCUT2D eigenvalue weighted by atomic mass is 9.86. The van der Waals surface area contributed by atoms with E-state index in [0.717, 1.165) is 18.8 Å². The molecule has 0 aromatic heterocycles. The smallest absolute Gasteiger partial charge is 0.123 e. The Morgan fingerprint density at radius 2 is 1.82 bits per heavy atom. The van der Waals surface area contributed by atoms with Crippen molar-refractivity contribution >= 4 is 5.69 Å². The fraction of sp³-hybridized carbons (Fsp3) is 0.571. The summed E-state index contributed by atoms with van der Waals surface area (Å²) in [6.07, 6.45) is -0.378. The number of hydrogen-bond acceptors (Lipinski definition) is 2. The number of rotatable bonds is 5. The van der Waals surface area contributed by atoms with Gasteiger partial charge < -0.3 is 10.0 Å². The van der Waals surface area contributed by atoms with Crippen molar-refractivity contribution in [3.8, 4) is 0 Å². The second-order valence-electron chi connectivity index (χ2n) is 5.16. The molecule has 0 saturated carbocycles. The Balaban J connectivity index is 2.82. The van der Waals surface area contributed by atoms with Crippen molar-refractivity contribution in [2.24, 2.45) is 5.41 Å². The molecule has 0 saturated heterocycles. The monoisotopic (exact) mass is 239 g/mol. The summed E-state index contributed by atoms with van der Waals surface area (Å²) in [5, 5.41) is 9.73. The predicted octanol–water partition coefficient (Wildman–Crippen LogP) is 3.06. The molecule has 96 valence electrons. The molecule has 1 rings (SSSR count). The Labute approximate surface area is 103 Å². The van der Waals surface area contributed by atoms with Crippen molar-refractivity contribution in [1.29, 1.82) is 0 Å². The average Bonchev–Trinajstić information content (AvgIpc) is 2.27. The lowest BCUT2D eigenvalue weighted by Crippen LogP contribution is -2.40. The van der Waals surface area contributed by atoms with Crippen LogP contribution in [0.15, 0.2) is 24.3 Å². The van der Waals surface area contributed by atoms with Crippen molar-refractivity contribution < 1.29 is 9.50 Å². The fourth-order valence-corrected chi connectivity index (χ4v) is 1.66. The normalized spacial score (nSPS) is 13.5. The van der Waals surface area contributed by atoms with Crippen LogP contribution in [-0.2, 0) is 0 Å². The summed E-state index contributed by atoms with van der Waals surface area (Å²) in [6, 6.07) is 6.48. The van der Waals surface area contributed by atoms with E-state index in [4.69, 9.17) is 0 Å². The predicted molar refractivity (Wildman–Crippen MR) is 69.7 cm³/mol. The third-order valence-electron chi connectivity index (χ3n) is 3.30. The second kappa shape index (κ2) is 5.50. The molecule has 17 heavy (non-hydrogen) atoms. The van der Waals surface area contributed by atoms with Crippen LogP contribution in [0.25, 0.3) is 0 Å². The Kier molecular flexibility index (Phi) is 4.52. The lowest BCUT2D eigenvalue weighted by molar-refractivity contribution is 0.0711. The quantitative estimate of drug-likeness (QED) is 0.853. The van der Waals surface area contributed by atoms with Crippen molar-refractivity contribution in [1.82, 2.24) is 0 Å². The summed E-state index contributed by atoms with van der Waals surface area (Å²) in [5.74, 6) is -0.223. The molecule has 0 aliphatic heterocycles. The van der Waals surface area contributed by atoms with E-state index in [0.29, 0.717) is 0 Å². The second-order valence-corrected chi connectivity index (χ2v) is 5.16. The summed E-state index contributed by atoms with van der Waals surface area (Å²) in [6.45, 7) is 9.50. The lowest BCUT2D eigenvalue weighted by Gasteiger charge is -2.35. The molecule has 0 aliphatic rings. The summed E-state index contributed by atoms with van der Waals surface area (Å²) in [5.41, 5.74) is 0.798. The first-order valence-electron chi connectivity index (χ1n) is 6.05. The van der Waals surface area contributed by atoms with E-state index in [1.54, 1.807) is 19.1 Å². The van der Waals surface area contributed by atoms with Gasteiger partial charge in [-0.1, -0.05) is 13.8 Å². The Bertz CT molecular complexity index is 346. The molecule has 0 fully saturated rings. The molecule has 0 bridgehead atoms. The highest BCUT2D eigenvalue weighted by atomic mass is 19.1. The summed E-state index contributed by atoms with van der Waals surface area (Å²) in [7, 11) is 0. The van der Waals surface area contributed by atoms with Crippen molar-refractivity contribution in [2.45, 2.75) is 33.8 Å². The minimum absolute atomic E-state index is 0.190. The van der Waals surface area contributed by atoms with E-state index in [9.17, 15) is 9.50 Å². The maximum absolute atomic E-state index is 12.9. The maximum atomic E-state index is 12.9. The first kappa shape index (κ1) is 14.0. The van der Waals surface area contributed by atoms with Gasteiger partial charge in [-0.3, -0.25) is 0 Å². The number of nitrogens with zero attached hydrogens (tertiary/aromatic N) is 1. The van der Waals surface area contributed by atoms with Crippen molar-refractivity contribution in [2.75, 3.05) is 18.0 Å². The van der Waals surface area contributed by atoms with Gasteiger partial charge in [-0.05, 0) is 38.1 Å². The van der Waals surface area contributed by atoms with Gasteiger partial charge in [0.05, 0.1) is 6.10 Å². The molecule has 2 nitrogen and oxygen atoms in total. The van der Waals surface area contributed by atoms with Gasteiger partial charge in [-0.15, -0.1) is 0 Å². The summed E-state index contributed by atoms with van der Waals surface area (Å²) in [4.78, 5) is 2.14. The van der Waals surface area contributed by atoms with Gasteiger partial charge in [-0.2, -0.15) is 0 Å². The van der Waals surface area contributed by atoms with E-state index in [2.05, 4.69) is 11.8 Å². The van der Waals surface area contributed by atoms with Crippen molar-refractivity contribution in [3.05, 3.63) is 30.1 Å². The Morgan fingerprint density at radius 3 is 2.24 bits per heavy atom. The zero-order valence-corrected chi connectivity index (χ0v) is 11.1. The van der Waals surface area contributed by atoms with Crippen molar-refractivity contribution in [3.63, 3.8) is 0 Å². The summed E-state index contributed by atoms with van der Waals surface area (Å²) >= 11 is 0. The average molecular weight is 239 g/mol. The van der Waals surface area contributed by atoms with Crippen LogP contribution in [0.1, 0.15) is 27.7 Å². The van der Waals surface area contributed by atoms with Crippen LogP contribution in [-0.4, -0.2) is 24.3 Å². The first-order valence-corrected chi connectivity index (χ1v) is 6.05. The third-order valence-corrected chi connectivity index (χ3v) is 3.30. The highest BCUT2D eigenvalue weighted by molar-refractivity contribution is 5.46. The van der Waals surface area contributed by atoms with Crippen LogP contribution < -0.4 is 4.90 Å². The Hall–Kier alpha value is -1.09. The number of aliphatic hydroxyl groups is 1. The van der Waals surface area contributed by atoms with Crippen LogP contribution in [0.5, 0.6) is 0 Å². The fourth-order valence-electron chi connectivity index (χ4n) is 1.66. The zero-order valence-electron chi connectivity index (χ0n) is 11.1. The van der Waals surface area contributed by atoms with E-state index in [-0.39, 0.29) is 17.3 Å². The van der Waals surface area contributed by atoms with Crippen LogP contribution in [0, 0.1) is 11.2 Å². The van der Waals surface area contributed by atoms with E-state index in [1.807, 2.05) is 13.8 Å². The first-order chi connectivity index (χ1) is 7.86. The number of benzene rings is 1. The molecule has 1 unspecified atom stereocenters. The summed E-state index contributed by atoms with van der Waals surface area (Å²) < 4.78 is 12.9. The third kappa shape index (κ3) is 3.70. The molecular weight excluding hydrogens is 217 g/mol. The molecular formula is C14H22FNO. The van der Waals surface area contributed by atoms with Gasteiger partial charge in [0.15, 0.2) is 0 Å². The van der Waals surface area contributed by atoms with Crippen LogP contribution in [0.2, 0.25) is 0 Å². The molecule has 0 radical (unpaired) electrons. The van der Waals surface area contributed by atoms with Gasteiger partial charge in [0.25, 0.3) is 0 Å². The molecule has 1 atom stereocenters. The Morgan fingerprint density at radius 1 is 1.29 bits per heavy atom. The molecule has 1 N–H and O–H groups in total. The molecule has 1 aromatic rings. The van der Waals surface area contributed by atoms with Gasteiger partial charge in [0, 0.05) is 24.2 Å². The number of halogens is 1. The molecule has 0 spiro atoms. The minimum atomic E-state index is -0.378. The van der Waals surface area contributed by atoms with Crippen LogP contribution >= 0.6 is 0 Å². The minimum Gasteiger partial charge on any atom is -0.393 e. The number of hydrogen-bond donors (Lipinski definition) is 1. The van der Waals surface area contributed by atoms with Gasteiger partial charge in [0.1, 0.15) is 5.82 Å².